The number of nitrogens with zero attached hydrogens (tertiary/aromatic N) is 5. The molecule has 0 aliphatic heterocycles. The van der Waals surface area contributed by atoms with Gasteiger partial charge in [0.2, 0.25) is 5.88 Å². The van der Waals surface area contributed by atoms with Gasteiger partial charge in [0.25, 0.3) is 0 Å². The maximum absolute atomic E-state index is 11.8. The van der Waals surface area contributed by atoms with Crippen molar-refractivity contribution in [2.45, 2.75) is 19.8 Å². The van der Waals surface area contributed by atoms with Crippen LogP contribution in [0.4, 0.5) is 5.69 Å². The summed E-state index contributed by atoms with van der Waals surface area (Å²) in [6.07, 6.45) is 1.68. The summed E-state index contributed by atoms with van der Waals surface area (Å²) in [5, 5.41) is 15.2. The van der Waals surface area contributed by atoms with Crippen molar-refractivity contribution >= 4 is 22.7 Å². The largest absolute Gasteiger partial charge is 0.481 e. The van der Waals surface area contributed by atoms with Crippen LogP contribution in [0.15, 0.2) is 48.7 Å². The molecule has 1 N–H and O–H groups in total. The first-order chi connectivity index (χ1) is 15.3. The van der Waals surface area contributed by atoms with E-state index in [0.29, 0.717) is 11.5 Å². The summed E-state index contributed by atoms with van der Waals surface area (Å²) in [5.74, 6) is -0.492. The molecule has 0 fully saturated rings. The van der Waals surface area contributed by atoms with Crippen molar-refractivity contribution in [1.29, 1.82) is 0 Å². The highest BCUT2D eigenvalue weighted by Gasteiger charge is 2.23. The first kappa shape index (κ1) is 21.3. The molecule has 0 bridgehead atoms. The zero-order valence-corrected chi connectivity index (χ0v) is 18.7. The number of ether oxygens (including phenoxy) is 1. The molecule has 0 saturated heterocycles. The van der Waals surface area contributed by atoms with E-state index in [1.165, 1.54) is 0 Å². The molecule has 0 amide bonds. The zero-order chi connectivity index (χ0) is 23.0. The van der Waals surface area contributed by atoms with Gasteiger partial charge in [0.05, 0.1) is 30.1 Å². The third kappa shape index (κ3) is 3.75. The molecule has 0 saturated carbocycles. The van der Waals surface area contributed by atoms with E-state index in [1.54, 1.807) is 30.1 Å². The molecule has 1 aromatic carbocycles. The van der Waals surface area contributed by atoms with Crippen molar-refractivity contribution in [3.05, 3.63) is 60.0 Å². The summed E-state index contributed by atoms with van der Waals surface area (Å²) in [6, 6.07) is 13.3. The fraction of sp³-hybridized carbons (Fsp3) is 0.250. The van der Waals surface area contributed by atoms with Crippen LogP contribution in [-0.4, -0.2) is 52.0 Å². The molecule has 0 spiro atoms. The number of fused-ring (bicyclic) bond motifs is 1. The molecule has 4 aromatic rings. The first-order valence-corrected chi connectivity index (χ1v) is 10.2. The molecule has 3 aromatic heterocycles. The number of hydrogen-bond donors (Lipinski definition) is 1. The van der Waals surface area contributed by atoms with Crippen LogP contribution < -0.4 is 9.64 Å². The number of rotatable bonds is 6. The van der Waals surface area contributed by atoms with E-state index in [9.17, 15) is 9.90 Å². The first-order valence-electron chi connectivity index (χ1n) is 10.2. The molecule has 8 heteroatoms. The second kappa shape index (κ2) is 8.30. The molecule has 32 heavy (non-hydrogen) atoms. The average molecular weight is 431 g/mol. The van der Waals surface area contributed by atoms with Crippen LogP contribution in [0.3, 0.4) is 0 Å². The lowest BCUT2D eigenvalue weighted by molar-refractivity contribution is 0.0691. The fourth-order valence-corrected chi connectivity index (χ4v) is 3.74. The number of aromatic nitrogens is 4. The second-order valence-electron chi connectivity index (χ2n) is 8.01. The minimum Gasteiger partial charge on any atom is -0.481 e. The maximum Gasteiger partial charge on any atom is 0.354 e. The topological polar surface area (TPSA) is 93.4 Å². The standard InChI is InChI=1S/C24H25N5O3/c1-14(2)22-21-18(15-6-8-16(9-7-15)28(3)4)12-19(24(30)31)26-23(21)27-29(22)17-10-11-20(32-5)25-13-17/h6-14H,1-5H3,(H,30,31). The fourth-order valence-electron chi connectivity index (χ4n) is 3.74. The van der Waals surface area contributed by atoms with Gasteiger partial charge in [-0.2, -0.15) is 0 Å². The SMILES string of the molecule is COc1ccc(-n2nc3nc(C(=O)O)cc(-c4ccc(N(C)C)cc4)c3c2C(C)C)cn1. The Labute approximate surface area is 186 Å². The molecule has 0 aliphatic rings. The number of benzene rings is 1. The predicted molar refractivity (Wildman–Crippen MR) is 124 cm³/mol. The minimum absolute atomic E-state index is 0.0444. The highest BCUT2D eigenvalue weighted by Crippen LogP contribution is 2.36. The third-order valence-electron chi connectivity index (χ3n) is 5.31. The minimum atomic E-state index is -1.09. The number of pyridine rings is 2. The number of aromatic carboxylic acids is 1. The molecule has 3 heterocycles. The zero-order valence-electron chi connectivity index (χ0n) is 18.7. The van der Waals surface area contributed by atoms with Crippen LogP contribution in [0.1, 0.15) is 35.9 Å². The van der Waals surface area contributed by atoms with E-state index in [0.717, 1.165) is 33.6 Å². The second-order valence-corrected chi connectivity index (χ2v) is 8.01. The number of carboxylic acid groups (broad SMARTS) is 1. The summed E-state index contributed by atoms with van der Waals surface area (Å²) in [4.78, 5) is 22.5. The molecule has 8 nitrogen and oxygen atoms in total. The van der Waals surface area contributed by atoms with Crippen LogP contribution in [-0.2, 0) is 0 Å². The van der Waals surface area contributed by atoms with Gasteiger partial charge in [0.1, 0.15) is 0 Å². The Bertz CT molecular complexity index is 1280. The van der Waals surface area contributed by atoms with Gasteiger partial charge in [-0.05, 0) is 41.3 Å². The molecule has 0 radical (unpaired) electrons. The summed E-state index contributed by atoms with van der Waals surface area (Å²) in [7, 11) is 5.52. The average Bonchev–Trinajstić information content (AvgIpc) is 3.18. The van der Waals surface area contributed by atoms with Crippen molar-refractivity contribution in [3.8, 4) is 22.7 Å². The monoisotopic (exact) mass is 431 g/mol. The van der Waals surface area contributed by atoms with Gasteiger partial charge in [-0.3, -0.25) is 0 Å². The Balaban J connectivity index is 2.01. The van der Waals surface area contributed by atoms with Gasteiger partial charge in [0, 0.05) is 25.8 Å². The van der Waals surface area contributed by atoms with Crippen molar-refractivity contribution < 1.29 is 14.6 Å². The third-order valence-corrected chi connectivity index (χ3v) is 5.31. The maximum atomic E-state index is 11.8. The van der Waals surface area contributed by atoms with Gasteiger partial charge >= 0.3 is 5.97 Å². The van der Waals surface area contributed by atoms with Gasteiger partial charge < -0.3 is 14.7 Å². The molecule has 4 rings (SSSR count). The van der Waals surface area contributed by atoms with E-state index in [1.807, 2.05) is 49.3 Å². The van der Waals surface area contributed by atoms with Crippen molar-refractivity contribution in [2.24, 2.45) is 0 Å². The van der Waals surface area contributed by atoms with Crippen LogP contribution in [0.5, 0.6) is 5.88 Å². The Hall–Kier alpha value is -3.94. The number of carboxylic acids is 1. The Morgan fingerprint density at radius 2 is 1.84 bits per heavy atom. The van der Waals surface area contributed by atoms with Crippen molar-refractivity contribution in [2.75, 3.05) is 26.1 Å². The van der Waals surface area contributed by atoms with E-state index >= 15 is 0 Å². The lowest BCUT2D eigenvalue weighted by Gasteiger charge is -2.15. The van der Waals surface area contributed by atoms with Crippen LogP contribution in [0.2, 0.25) is 0 Å². The van der Waals surface area contributed by atoms with E-state index in [-0.39, 0.29) is 11.6 Å². The Kier molecular flexibility index (Phi) is 5.52. The number of carbonyl (C=O) groups is 1. The van der Waals surface area contributed by atoms with Gasteiger partial charge in [-0.15, -0.1) is 5.10 Å². The van der Waals surface area contributed by atoms with E-state index in [4.69, 9.17) is 4.74 Å². The van der Waals surface area contributed by atoms with Crippen LogP contribution >= 0.6 is 0 Å². The van der Waals surface area contributed by atoms with E-state index in [2.05, 4.69) is 28.9 Å². The van der Waals surface area contributed by atoms with Crippen LogP contribution in [0.25, 0.3) is 27.8 Å². The van der Waals surface area contributed by atoms with Gasteiger partial charge in [-0.25, -0.2) is 19.4 Å². The molecular formula is C24H25N5O3. The summed E-state index contributed by atoms with van der Waals surface area (Å²) < 4.78 is 6.96. The lowest BCUT2D eigenvalue weighted by Crippen LogP contribution is -2.08. The normalized spacial score (nSPS) is 11.2. The highest BCUT2D eigenvalue weighted by atomic mass is 16.5. The molecule has 164 valence electrons. The number of hydrogen-bond acceptors (Lipinski definition) is 6. The summed E-state index contributed by atoms with van der Waals surface area (Å²) in [6.45, 7) is 4.15. The van der Waals surface area contributed by atoms with Gasteiger partial charge in [0.15, 0.2) is 11.3 Å². The predicted octanol–water partition coefficient (Wildman–Crippen LogP) is 4.38. The number of anilines is 1. The number of methoxy groups -OCH3 is 1. The molecular weight excluding hydrogens is 406 g/mol. The smallest absolute Gasteiger partial charge is 0.354 e. The van der Waals surface area contributed by atoms with E-state index < -0.39 is 5.97 Å². The summed E-state index contributed by atoms with van der Waals surface area (Å²) in [5.41, 5.74) is 4.77. The Morgan fingerprint density at radius 3 is 2.38 bits per heavy atom. The molecule has 0 unspecified atom stereocenters. The molecule has 0 aliphatic carbocycles. The van der Waals surface area contributed by atoms with Crippen molar-refractivity contribution in [3.63, 3.8) is 0 Å². The quantitative estimate of drug-likeness (QED) is 0.484. The van der Waals surface area contributed by atoms with Crippen molar-refractivity contribution in [1.82, 2.24) is 19.7 Å². The highest BCUT2D eigenvalue weighted by molar-refractivity contribution is 6.00. The van der Waals surface area contributed by atoms with Crippen LogP contribution in [0, 0.1) is 0 Å². The molecule has 0 atom stereocenters. The Morgan fingerprint density at radius 1 is 1.12 bits per heavy atom. The summed E-state index contributed by atoms with van der Waals surface area (Å²) >= 11 is 0. The van der Waals surface area contributed by atoms with Gasteiger partial charge in [-0.1, -0.05) is 26.0 Å². The lowest BCUT2D eigenvalue weighted by atomic mass is 9.97.